The Bertz CT molecular complexity index is 186. The lowest BCUT2D eigenvalue weighted by atomic mass is 10.0. The van der Waals surface area contributed by atoms with Crippen molar-refractivity contribution >= 4 is 5.91 Å². The molecule has 0 aliphatic heterocycles. The molecule has 0 aromatic heterocycles. The first-order valence-corrected chi connectivity index (χ1v) is 6.80. The average Bonchev–Trinajstić information content (AvgIpc) is 2.55. The molecule has 16 heavy (non-hydrogen) atoms. The molecule has 0 bridgehead atoms. The molecule has 0 aromatic rings. The fourth-order valence-corrected chi connectivity index (χ4v) is 2.28. The Hall–Kier alpha value is -0.570. The summed E-state index contributed by atoms with van der Waals surface area (Å²) in [5.74, 6) is 0.928. The first-order chi connectivity index (χ1) is 7.83. The SMILES string of the molecule is CCCNC(=O)CNCC1CCCCCC1. The van der Waals surface area contributed by atoms with Crippen molar-refractivity contribution in [3.63, 3.8) is 0 Å². The average molecular weight is 226 g/mol. The first-order valence-electron chi connectivity index (χ1n) is 6.80. The quantitative estimate of drug-likeness (QED) is 0.681. The van der Waals surface area contributed by atoms with Crippen molar-refractivity contribution in [2.24, 2.45) is 5.92 Å². The van der Waals surface area contributed by atoms with Gasteiger partial charge in [-0.2, -0.15) is 0 Å². The molecule has 1 aliphatic rings. The lowest BCUT2D eigenvalue weighted by Gasteiger charge is -2.14. The smallest absolute Gasteiger partial charge is 0.233 e. The van der Waals surface area contributed by atoms with Crippen molar-refractivity contribution in [3.05, 3.63) is 0 Å². The highest BCUT2D eigenvalue weighted by molar-refractivity contribution is 5.77. The molecule has 0 spiro atoms. The van der Waals surface area contributed by atoms with E-state index in [4.69, 9.17) is 0 Å². The van der Waals surface area contributed by atoms with Gasteiger partial charge in [-0.3, -0.25) is 4.79 Å². The molecular weight excluding hydrogens is 200 g/mol. The highest BCUT2D eigenvalue weighted by Gasteiger charge is 2.11. The van der Waals surface area contributed by atoms with Crippen molar-refractivity contribution < 1.29 is 4.79 Å². The van der Waals surface area contributed by atoms with Gasteiger partial charge in [-0.1, -0.05) is 32.6 Å². The van der Waals surface area contributed by atoms with Crippen LogP contribution in [0.1, 0.15) is 51.9 Å². The Balaban J connectivity index is 2.02. The van der Waals surface area contributed by atoms with Gasteiger partial charge in [-0.05, 0) is 31.7 Å². The molecule has 2 N–H and O–H groups in total. The van der Waals surface area contributed by atoms with E-state index in [1.165, 1.54) is 38.5 Å². The summed E-state index contributed by atoms with van der Waals surface area (Å²) in [5, 5.41) is 6.16. The molecule has 3 heteroatoms. The summed E-state index contributed by atoms with van der Waals surface area (Å²) in [6.07, 6.45) is 9.21. The Morgan fingerprint density at radius 2 is 1.88 bits per heavy atom. The molecule has 1 aliphatic carbocycles. The Morgan fingerprint density at radius 3 is 2.50 bits per heavy atom. The number of hydrogen-bond donors (Lipinski definition) is 2. The van der Waals surface area contributed by atoms with Crippen LogP contribution in [0.2, 0.25) is 0 Å². The molecule has 0 saturated heterocycles. The zero-order chi connectivity index (χ0) is 11.6. The number of carbonyl (C=O) groups is 1. The third-order valence-corrected chi connectivity index (χ3v) is 3.27. The van der Waals surface area contributed by atoms with E-state index in [0.717, 1.165) is 25.4 Å². The lowest BCUT2D eigenvalue weighted by molar-refractivity contribution is -0.120. The highest BCUT2D eigenvalue weighted by Crippen LogP contribution is 2.21. The number of nitrogens with one attached hydrogen (secondary N) is 2. The van der Waals surface area contributed by atoms with Gasteiger partial charge >= 0.3 is 0 Å². The minimum atomic E-state index is 0.135. The second-order valence-electron chi connectivity index (χ2n) is 4.84. The van der Waals surface area contributed by atoms with Crippen molar-refractivity contribution in [1.82, 2.24) is 10.6 Å². The summed E-state index contributed by atoms with van der Waals surface area (Å²) in [7, 11) is 0. The van der Waals surface area contributed by atoms with Crippen LogP contribution in [0.5, 0.6) is 0 Å². The van der Waals surface area contributed by atoms with E-state index in [0.29, 0.717) is 6.54 Å². The summed E-state index contributed by atoms with van der Waals surface area (Å²) in [5.41, 5.74) is 0. The molecular formula is C13H26N2O. The first kappa shape index (κ1) is 13.5. The van der Waals surface area contributed by atoms with Gasteiger partial charge in [-0.25, -0.2) is 0 Å². The van der Waals surface area contributed by atoms with Gasteiger partial charge in [0.15, 0.2) is 0 Å². The summed E-state index contributed by atoms with van der Waals surface area (Å²) in [6.45, 7) is 4.36. The molecule has 0 heterocycles. The Kier molecular flexibility index (Phi) is 7.23. The summed E-state index contributed by atoms with van der Waals surface area (Å²) >= 11 is 0. The molecule has 0 atom stereocenters. The minimum Gasteiger partial charge on any atom is -0.355 e. The molecule has 1 fully saturated rings. The van der Waals surface area contributed by atoms with Gasteiger partial charge < -0.3 is 10.6 Å². The van der Waals surface area contributed by atoms with Crippen LogP contribution in [0.25, 0.3) is 0 Å². The highest BCUT2D eigenvalue weighted by atomic mass is 16.1. The van der Waals surface area contributed by atoms with E-state index in [1.807, 2.05) is 0 Å². The van der Waals surface area contributed by atoms with E-state index in [2.05, 4.69) is 17.6 Å². The fourth-order valence-electron chi connectivity index (χ4n) is 2.28. The van der Waals surface area contributed by atoms with Crippen LogP contribution in [0.15, 0.2) is 0 Å². The number of hydrogen-bond acceptors (Lipinski definition) is 2. The van der Waals surface area contributed by atoms with Crippen LogP contribution < -0.4 is 10.6 Å². The Labute approximate surface area is 99.4 Å². The van der Waals surface area contributed by atoms with Gasteiger partial charge in [0.25, 0.3) is 0 Å². The predicted molar refractivity (Wildman–Crippen MR) is 67.4 cm³/mol. The predicted octanol–water partition coefficient (Wildman–Crippen LogP) is 2.07. The molecule has 3 nitrogen and oxygen atoms in total. The van der Waals surface area contributed by atoms with E-state index >= 15 is 0 Å². The number of carbonyl (C=O) groups excluding carboxylic acids is 1. The molecule has 0 aromatic carbocycles. The van der Waals surface area contributed by atoms with Gasteiger partial charge in [0.2, 0.25) is 5.91 Å². The summed E-state index contributed by atoms with van der Waals surface area (Å²) < 4.78 is 0. The van der Waals surface area contributed by atoms with E-state index in [1.54, 1.807) is 0 Å². The van der Waals surface area contributed by atoms with E-state index in [-0.39, 0.29) is 5.91 Å². The van der Waals surface area contributed by atoms with Crippen LogP contribution in [-0.4, -0.2) is 25.5 Å². The van der Waals surface area contributed by atoms with Crippen LogP contribution in [-0.2, 0) is 4.79 Å². The monoisotopic (exact) mass is 226 g/mol. The van der Waals surface area contributed by atoms with E-state index in [9.17, 15) is 4.79 Å². The van der Waals surface area contributed by atoms with Crippen LogP contribution in [0.3, 0.4) is 0 Å². The summed E-state index contributed by atoms with van der Waals surface area (Å²) in [6, 6.07) is 0. The minimum absolute atomic E-state index is 0.135. The fraction of sp³-hybridized carbons (Fsp3) is 0.923. The zero-order valence-corrected chi connectivity index (χ0v) is 10.6. The number of amides is 1. The molecule has 0 unspecified atom stereocenters. The molecule has 1 rings (SSSR count). The van der Waals surface area contributed by atoms with Crippen molar-refractivity contribution in [2.75, 3.05) is 19.6 Å². The van der Waals surface area contributed by atoms with Crippen molar-refractivity contribution in [1.29, 1.82) is 0 Å². The third kappa shape index (κ3) is 6.11. The van der Waals surface area contributed by atoms with Crippen LogP contribution in [0, 0.1) is 5.92 Å². The molecule has 0 radical (unpaired) electrons. The third-order valence-electron chi connectivity index (χ3n) is 3.27. The van der Waals surface area contributed by atoms with Crippen LogP contribution >= 0.6 is 0 Å². The van der Waals surface area contributed by atoms with Crippen LogP contribution in [0.4, 0.5) is 0 Å². The van der Waals surface area contributed by atoms with Gasteiger partial charge in [-0.15, -0.1) is 0 Å². The second kappa shape index (κ2) is 8.57. The maximum Gasteiger partial charge on any atom is 0.233 e. The van der Waals surface area contributed by atoms with E-state index < -0.39 is 0 Å². The lowest BCUT2D eigenvalue weighted by Crippen LogP contribution is -2.36. The second-order valence-corrected chi connectivity index (χ2v) is 4.84. The maximum atomic E-state index is 11.3. The molecule has 1 saturated carbocycles. The van der Waals surface area contributed by atoms with Crippen molar-refractivity contribution in [2.45, 2.75) is 51.9 Å². The van der Waals surface area contributed by atoms with Gasteiger partial charge in [0.05, 0.1) is 6.54 Å². The van der Waals surface area contributed by atoms with Gasteiger partial charge in [0.1, 0.15) is 0 Å². The number of rotatable bonds is 6. The Morgan fingerprint density at radius 1 is 1.19 bits per heavy atom. The van der Waals surface area contributed by atoms with Crippen molar-refractivity contribution in [3.8, 4) is 0 Å². The summed E-state index contributed by atoms with van der Waals surface area (Å²) in [4.78, 5) is 11.3. The van der Waals surface area contributed by atoms with Gasteiger partial charge in [0, 0.05) is 6.54 Å². The molecule has 94 valence electrons. The standard InChI is InChI=1S/C13H26N2O/c1-2-9-15-13(16)11-14-10-12-7-5-3-4-6-8-12/h12,14H,2-11H2,1H3,(H,15,16). The largest absolute Gasteiger partial charge is 0.355 e. The topological polar surface area (TPSA) is 41.1 Å². The normalized spacial score (nSPS) is 18.1. The maximum absolute atomic E-state index is 11.3. The zero-order valence-electron chi connectivity index (χ0n) is 10.6. The molecule has 1 amide bonds.